The summed E-state index contributed by atoms with van der Waals surface area (Å²) in [7, 11) is 0. The van der Waals surface area contributed by atoms with Crippen molar-refractivity contribution in [1.82, 2.24) is 4.98 Å². The first-order valence-electron chi connectivity index (χ1n) is 6.29. The molecule has 0 radical (unpaired) electrons. The van der Waals surface area contributed by atoms with Crippen molar-refractivity contribution in [3.63, 3.8) is 0 Å². The number of aromatic nitrogens is 1. The van der Waals surface area contributed by atoms with Crippen molar-refractivity contribution in [2.45, 2.75) is 6.61 Å². The van der Waals surface area contributed by atoms with E-state index in [0.29, 0.717) is 17.2 Å². The Bertz CT molecular complexity index is 756. The lowest BCUT2D eigenvalue weighted by molar-refractivity contribution is 0.281. The van der Waals surface area contributed by atoms with Crippen LogP contribution in [-0.2, 0) is 6.61 Å². The summed E-state index contributed by atoms with van der Waals surface area (Å²) in [6, 6.07) is 14.7. The third kappa shape index (κ3) is 2.29. The van der Waals surface area contributed by atoms with Gasteiger partial charge in [0.1, 0.15) is 11.3 Å². The van der Waals surface area contributed by atoms with E-state index < -0.39 is 0 Å². The first-order valence-corrected chi connectivity index (χ1v) is 6.29. The Balaban J connectivity index is 2.04. The van der Waals surface area contributed by atoms with E-state index in [1.54, 1.807) is 24.4 Å². The number of fused-ring (bicyclic) bond motifs is 1. The second kappa shape index (κ2) is 5.19. The topological polar surface area (TPSA) is 68.4 Å². The first kappa shape index (κ1) is 12.4. The van der Waals surface area contributed by atoms with Gasteiger partial charge in [0, 0.05) is 17.3 Å². The van der Waals surface area contributed by atoms with Crippen LogP contribution in [0, 0.1) is 0 Å². The highest BCUT2D eigenvalue weighted by Gasteiger charge is 2.07. The predicted octanol–water partition coefficient (Wildman–Crippen LogP) is 3.10. The van der Waals surface area contributed by atoms with Gasteiger partial charge >= 0.3 is 0 Å². The molecule has 1 aromatic heterocycles. The van der Waals surface area contributed by atoms with Gasteiger partial charge in [0.15, 0.2) is 5.75 Å². The highest BCUT2D eigenvalue weighted by atomic mass is 16.5. The summed E-state index contributed by atoms with van der Waals surface area (Å²) in [6.45, 7) is -0.0159. The van der Waals surface area contributed by atoms with Crippen LogP contribution in [0.2, 0.25) is 0 Å². The zero-order valence-corrected chi connectivity index (χ0v) is 10.8. The lowest BCUT2D eigenvalue weighted by Gasteiger charge is -2.10. The quantitative estimate of drug-likeness (QED) is 0.715. The SMILES string of the molecule is Nc1ccc(Oc2cccc(CO)c2)c2ncccc12. The number of aliphatic hydroxyl groups is 1. The van der Waals surface area contributed by atoms with Crippen molar-refractivity contribution in [1.29, 1.82) is 0 Å². The Kier molecular flexibility index (Phi) is 3.23. The molecule has 0 atom stereocenters. The largest absolute Gasteiger partial charge is 0.455 e. The fraction of sp³-hybridized carbons (Fsp3) is 0.0625. The molecule has 0 aliphatic heterocycles. The normalized spacial score (nSPS) is 10.7. The van der Waals surface area contributed by atoms with E-state index in [0.717, 1.165) is 16.5 Å². The highest BCUT2D eigenvalue weighted by molar-refractivity contribution is 5.94. The van der Waals surface area contributed by atoms with E-state index in [9.17, 15) is 0 Å². The maximum atomic E-state index is 9.15. The molecule has 0 unspecified atom stereocenters. The lowest BCUT2D eigenvalue weighted by Crippen LogP contribution is -1.93. The maximum absolute atomic E-state index is 9.15. The molecule has 4 nitrogen and oxygen atoms in total. The van der Waals surface area contributed by atoms with Gasteiger partial charge in [0.25, 0.3) is 0 Å². The zero-order chi connectivity index (χ0) is 13.9. The van der Waals surface area contributed by atoms with Gasteiger partial charge in [-0.15, -0.1) is 0 Å². The smallest absolute Gasteiger partial charge is 0.153 e. The molecule has 0 aliphatic carbocycles. The summed E-state index contributed by atoms with van der Waals surface area (Å²) in [4.78, 5) is 4.33. The molecule has 0 saturated heterocycles. The second-order valence-electron chi connectivity index (χ2n) is 4.46. The third-order valence-corrected chi connectivity index (χ3v) is 3.08. The molecule has 1 heterocycles. The molecule has 4 heteroatoms. The van der Waals surface area contributed by atoms with Crippen LogP contribution in [0.15, 0.2) is 54.7 Å². The van der Waals surface area contributed by atoms with Crippen LogP contribution in [0.1, 0.15) is 5.56 Å². The number of nitrogens with two attached hydrogens (primary N) is 1. The summed E-state index contributed by atoms with van der Waals surface area (Å²) in [5.41, 5.74) is 8.13. The Labute approximate surface area is 116 Å². The minimum Gasteiger partial charge on any atom is -0.455 e. The van der Waals surface area contributed by atoms with Gasteiger partial charge in [0.05, 0.1) is 6.61 Å². The van der Waals surface area contributed by atoms with Gasteiger partial charge in [-0.3, -0.25) is 4.98 Å². The van der Waals surface area contributed by atoms with Crippen molar-refractivity contribution < 1.29 is 9.84 Å². The number of pyridine rings is 1. The number of benzene rings is 2. The van der Waals surface area contributed by atoms with Gasteiger partial charge in [-0.05, 0) is 42.0 Å². The molecule has 20 heavy (non-hydrogen) atoms. The molecule has 0 aliphatic rings. The van der Waals surface area contributed by atoms with E-state index >= 15 is 0 Å². The molecular weight excluding hydrogens is 252 g/mol. The van der Waals surface area contributed by atoms with Crippen molar-refractivity contribution >= 4 is 16.6 Å². The summed E-state index contributed by atoms with van der Waals surface area (Å²) in [6.07, 6.45) is 1.71. The fourth-order valence-electron chi connectivity index (χ4n) is 2.09. The summed E-state index contributed by atoms with van der Waals surface area (Å²) in [5.74, 6) is 1.30. The monoisotopic (exact) mass is 266 g/mol. The van der Waals surface area contributed by atoms with Crippen LogP contribution in [0.25, 0.3) is 10.9 Å². The number of anilines is 1. The molecule has 0 amide bonds. The zero-order valence-electron chi connectivity index (χ0n) is 10.8. The molecule has 100 valence electrons. The summed E-state index contributed by atoms with van der Waals surface area (Å²) < 4.78 is 5.86. The van der Waals surface area contributed by atoms with Gasteiger partial charge in [0.2, 0.25) is 0 Å². The molecule has 0 bridgehead atoms. The average Bonchev–Trinajstić information content (AvgIpc) is 2.51. The van der Waals surface area contributed by atoms with Crippen molar-refractivity contribution in [2.24, 2.45) is 0 Å². The number of aliphatic hydroxyl groups excluding tert-OH is 1. The van der Waals surface area contributed by atoms with Crippen LogP contribution in [0.4, 0.5) is 5.69 Å². The molecule has 2 aromatic carbocycles. The van der Waals surface area contributed by atoms with Crippen LogP contribution < -0.4 is 10.5 Å². The van der Waals surface area contributed by atoms with Gasteiger partial charge in [-0.1, -0.05) is 12.1 Å². The average molecular weight is 266 g/mol. The van der Waals surface area contributed by atoms with Crippen LogP contribution in [-0.4, -0.2) is 10.1 Å². The number of rotatable bonds is 3. The number of nitrogens with zero attached hydrogens (tertiary/aromatic N) is 1. The second-order valence-corrected chi connectivity index (χ2v) is 4.46. The van der Waals surface area contributed by atoms with E-state index in [-0.39, 0.29) is 6.61 Å². The predicted molar refractivity (Wildman–Crippen MR) is 78.6 cm³/mol. The summed E-state index contributed by atoms with van der Waals surface area (Å²) >= 11 is 0. The van der Waals surface area contributed by atoms with Crippen molar-refractivity contribution in [3.05, 3.63) is 60.3 Å². The standard InChI is InChI=1S/C16H14N2O2/c17-14-6-7-15(16-13(14)5-2-8-18-16)20-12-4-1-3-11(9-12)10-19/h1-9,19H,10,17H2. The molecule has 0 fully saturated rings. The van der Waals surface area contributed by atoms with E-state index in [4.69, 9.17) is 15.6 Å². The minimum absolute atomic E-state index is 0.0159. The fourth-order valence-corrected chi connectivity index (χ4v) is 2.09. The molecule has 3 aromatic rings. The molecule has 3 N–H and O–H groups in total. The van der Waals surface area contributed by atoms with Crippen molar-refractivity contribution in [3.8, 4) is 11.5 Å². The van der Waals surface area contributed by atoms with E-state index in [1.165, 1.54) is 0 Å². The minimum atomic E-state index is -0.0159. The number of ether oxygens (including phenoxy) is 1. The molecule has 0 spiro atoms. The van der Waals surface area contributed by atoms with Crippen LogP contribution >= 0.6 is 0 Å². The molecule has 0 saturated carbocycles. The van der Waals surface area contributed by atoms with E-state index in [1.807, 2.05) is 30.3 Å². The Hall–Kier alpha value is -2.59. The van der Waals surface area contributed by atoms with Crippen LogP contribution in [0.3, 0.4) is 0 Å². The Morgan fingerprint density at radius 2 is 2.00 bits per heavy atom. The van der Waals surface area contributed by atoms with E-state index in [2.05, 4.69) is 4.98 Å². The van der Waals surface area contributed by atoms with Gasteiger partial charge in [-0.25, -0.2) is 0 Å². The molecular formula is C16H14N2O2. The number of nitrogen functional groups attached to an aromatic ring is 1. The van der Waals surface area contributed by atoms with Gasteiger partial charge in [-0.2, -0.15) is 0 Å². The van der Waals surface area contributed by atoms with Gasteiger partial charge < -0.3 is 15.6 Å². The first-order chi connectivity index (χ1) is 9.78. The Morgan fingerprint density at radius 1 is 1.10 bits per heavy atom. The van der Waals surface area contributed by atoms with Crippen molar-refractivity contribution in [2.75, 3.05) is 5.73 Å². The number of hydrogen-bond acceptors (Lipinski definition) is 4. The molecule has 3 rings (SSSR count). The number of hydrogen-bond donors (Lipinski definition) is 2. The van der Waals surface area contributed by atoms with Crippen LogP contribution in [0.5, 0.6) is 11.5 Å². The summed E-state index contributed by atoms with van der Waals surface area (Å²) in [5, 5.41) is 10.0. The Morgan fingerprint density at radius 3 is 2.85 bits per heavy atom. The highest BCUT2D eigenvalue weighted by Crippen LogP contribution is 2.31. The third-order valence-electron chi connectivity index (χ3n) is 3.08. The lowest BCUT2D eigenvalue weighted by atomic mass is 10.1. The maximum Gasteiger partial charge on any atom is 0.153 e.